The van der Waals surface area contributed by atoms with Crippen molar-refractivity contribution >= 4 is 22.7 Å². The Morgan fingerprint density at radius 2 is 1.68 bits per heavy atom. The zero-order valence-electron chi connectivity index (χ0n) is 12.9. The highest BCUT2D eigenvalue weighted by Crippen LogP contribution is 2.43. The largest absolute Gasteiger partial charge is 0.396 e. The molecule has 0 spiro atoms. The highest BCUT2D eigenvalue weighted by Gasteiger charge is 2.36. The maximum Gasteiger partial charge on any atom is 0.281 e. The van der Waals surface area contributed by atoms with E-state index in [9.17, 15) is 25.0 Å². The van der Waals surface area contributed by atoms with Gasteiger partial charge in [-0.2, -0.15) is 0 Å². The van der Waals surface area contributed by atoms with E-state index in [0.29, 0.717) is 5.56 Å². The van der Waals surface area contributed by atoms with Gasteiger partial charge in [-0.15, -0.1) is 0 Å². The van der Waals surface area contributed by atoms with Gasteiger partial charge in [-0.1, -0.05) is 18.7 Å². The first kappa shape index (κ1) is 16.5. The third-order valence-electron chi connectivity index (χ3n) is 4.11. The van der Waals surface area contributed by atoms with Crippen LogP contribution in [0.5, 0.6) is 0 Å². The first-order chi connectivity index (χ1) is 11.9. The SMILES string of the molecule is C=C1c2cccc([N+](=O)[O-])c2C(=O)c2cc(CCO)cc([N+](=O)[O-])c21. The zero-order chi connectivity index (χ0) is 18.3. The smallest absolute Gasteiger partial charge is 0.281 e. The van der Waals surface area contributed by atoms with Crippen LogP contribution in [0.1, 0.15) is 32.6 Å². The summed E-state index contributed by atoms with van der Waals surface area (Å²) in [6.07, 6.45) is 0.123. The van der Waals surface area contributed by atoms with E-state index in [0.717, 1.165) is 0 Å². The number of fused-ring (bicyclic) bond motifs is 2. The molecule has 8 heteroatoms. The molecule has 1 N–H and O–H groups in total. The number of hydrogen-bond donors (Lipinski definition) is 1. The Bertz CT molecular complexity index is 964. The van der Waals surface area contributed by atoms with Gasteiger partial charge in [0.15, 0.2) is 0 Å². The van der Waals surface area contributed by atoms with Crippen LogP contribution >= 0.6 is 0 Å². The molecule has 0 unspecified atom stereocenters. The van der Waals surface area contributed by atoms with Crippen LogP contribution in [0.25, 0.3) is 5.57 Å². The lowest BCUT2D eigenvalue weighted by molar-refractivity contribution is -0.385. The zero-order valence-corrected chi connectivity index (χ0v) is 12.9. The van der Waals surface area contributed by atoms with Crippen molar-refractivity contribution in [2.45, 2.75) is 6.42 Å². The number of hydrogen-bond acceptors (Lipinski definition) is 6. The quantitative estimate of drug-likeness (QED) is 0.575. The third kappa shape index (κ3) is 2.48. The topological polar surface area (TPSA) is 124 Å². The van der Waals surface area contributed by atoms with Gasteiger partial charge in [0.2, 0.25) is 5.78 Å². The van der Waals surface area contributed by atoms with Gasteiger partial charge in [0.1, 0.15) is 5.56 Å². The monoisotopic (exact) mass is 340 g/mol. The lowest BCUT2D eigenvalue weighted by atomic mass is 9.79. The van der Waals surface area contributed by atoms with E-state index in [1.807, 2.05) is 0 Å². The van der Waals surface area contributed by atoms with Crippen LogP contribution in [0.3, 0.4) is 0 Å². The molecule has 1 aliphatic carbocycles. The number of aliphatic hydroxyl groups excluding tert-OH is 1. The second kappa shape index (κ2) is 5.91. The predicted octanol–water partition coefficient (Wildman–Crippen LogP) is 2.64. The van der Waals surface area contributed by atoms with Crippen molar-refractivity contribution in [2.75, 3.05) is 6.61 Å². The molecule has 0 radical (unpaired) electrons. The first-order valence-corrected chi connectivity index (χ1v) is 7.30. The predicted molar refractivity (Wildman–Crippen MR) is 88.6 cm³/mol. The fraction of sp³-hybridized carbons (Fsp3) is 0.118. The van der Waals surface area contributed by atoms with E-state index in [1.54, 1.807) is 0 Å². The van der Waals surface area contributed by atoms with Crippen molar-refractivity contribution in [3.63, 3.8) is 0 Å². The number of nitro benzene ring substituents is 2. The average molecular weight is 340 g/mol. The van der Waals surface area contributed by atoms with Crippen molar-refractivity contribution in [3.8, 4) is 0 Å². The van der Waals surface area contributed by atoms with E-state index in [1.165, 1.54) is 30.3 Å². The van der Waals surface area contributed by atoms with Gasteiger partial charge in [0.25, 0.3) is 11.4 Å². The van der Waals surface area contributed by atoms with Crippen LogP contribution < -0.4 is 0 Å². The fourth-order valence-corrected chi connectivity index (χ4v) is 3.05. The van der Waals surface area contributed by atoms with E-state index in [2.05, 4.69) is 6.58 Å². The Balaban J connectivity index is 2.35. The van der Waals surface area contributed by atoms with Crippen molar-refractivity contribution in [1.29, 1.82) is 0 Å². The summed E-state index contributed by atoms with van der Waals surface area (Å²) in [5.41, 5.74) is 0.0481. The fourth-order valence-electron chi connectivity index (χ4n) is 3.05. The van der Waals surface area contributed by atoms with Gasteiger partial charge in [-0.05, 0) is 23.6 Å². The number of nitrogens with zero attached hydrogens (tertiary/aromatic N) is 2. The lowest BCUT2D eigenvalue weighted by Gasteiger charge is -2.21. The number of ketones is 1. The molecule has 0 aliphatic heterocycles. The van der Waals surface area contributed by atoms with Gasteiger partial charge in [-0.25, -0.2) is 0 Å². The summed E-state index contributed by atoms with van der Waals surface area (Å²) in [5, 5.41) is 31.8. The van der Waals surface area contributed by atoms with Crippen molar-refractivity contribution in [3.05, 3.63) is 85.0 Å². The average Bonchev–Trinajstić information content (AvgIpc) is 2.58. The Morgan fingerprint density at radius 3 is 2.28 bits per heavy atom. The maximum absolute atomic E-state index is 12.9. The Labute approximate surface area is 141 Å². The molecule has 0 heterocycles. The second-order valence-corrected chi connectivity index (χ2v) is 5.53. The van der Waals surface area contributed by atoms with Crippen molar-refractivity contribution in [1.82, 2.24) is 0 Å². The molecular formula is C17H12N2O6. The molecule has 2 aromatic rings. The third-order valence-corrected chi connectivity index (χ3v) is 4.11. The van der Waals surface area contributed by atoms with Gasteiger partial charge < -0.3 is 5.11 Å². The van der Waals surface area contributed by atoms with E-state index >= 15 is 0 Å². The number of carbonyl (C=O) groups is 1. The molecule has 0 atom stereocenters. The molecule has 0 bridgehead atoms. The van der Waals surface area contributed by atoms with Gasteiger partial charge in [0.05, 0.1) is 15.4 Å². The van der Waals surface area contributed by atoms with E-state index in [-0.39, 0.29) is 52.2 Å². The van der Waals surface area contributed by atoms with Crippen molar-refractivity contribution in [2.24, 2.45) is 0 Å². The molecule has 0 saturated carbocycles. The summed E-state index contributed by atoms with van der Waals surface area (Å²) < 4.78 is 0. The van der Waals surface area contributed by atoms with Crippen molar-refractivity contribution < 1.29 is 19.7 Å². The standard InChI is InChI=1S/C17H12N2O6/c1-9-11-3-2-4-13(18(22)23)16(11)17(21)12-7-10(5-6-20)8-14(15(9)12)19(24)25/h2-4,7-8,20H,1,5-6H2. The maximum atomic E-state index is 12.9. The minimum Gasteiger partial charge on any atom is -0.396 e. The van der Waals surface area contributed by atoms with E-state index < -0.39 is 15.6 Å². The highest BCUT2D eigenvalue weighted by atomic mass is 16.6. The minimum atomic E-state index is -0.666. The van der Waals surface area contributed by atoms with Gasteiger partial charge >= 0.3 is 0 Å². The molecule has 3 rings (SSSR count). The molecule has 0 fully saturated rings. The summed E-state index contributed by atoms with van der Waals surface area (Å²) in [6, 6.07) is 6.81. The molecule has 1 aliphatic rings. The number of benzene rings is 2. The van der Waals surface area contributed by atoms with Gasteiger partial charge in [-0.3, -0.25) is 25.0 Å². The molecular weight excluding hydrogens is 328 g/mol. The van der Waals surface area contributed by atoms with Crippen LogP contribution in [0.2, 0.25) is 0 Å². The molecule has 2 aromatic carbocycles. The number of rotatable bonds is 4. The molecule has 0 saturated heterocycles. The Kier molecular flexibility index (Phi) is 3.90. The Hall–Kier alpha value is -3.39. The van der Waals surface area contributed by atoms with Crippen LogP contribution in [0.15, 0.2) is 36.9 Å². The molecule has 0 aromatic heterocycles. The summed E-state index contributed by atoms with van der Waals surface area (Å²) >= 11 is 0. The lowest BCUT2D eigenvalue weighted by Crippen LogP contribution is -2.18. The normalized spacial score (nSPS) is 12.5. The highest BCUT2D eigenvalue weighted by molar-refractivity contribution is 6.21. The molecule has 25 heavy (non-hydrogen) atoms. The first-order valence-electron chi connectivity index (χ1n) is 7.30. The van der Waals surface area contributed by atoms with Crippen LogP contribution in [0, 0.1) is 20.2 Å². The van der Waals surface area contributed by atoms with Crippen LogP contribution in [0.4, 0.5) is 11.4 Å². The summed E-state index contributed by atoms with van der Waals surface area (Å²) in [5.74, 6) is -0.660. The van der Waals surface area contributed by atoms with E-state index in [4.69, 9.17) is 5.11 Å². The van der Waals surface area contributed by atoms with Crippen LogP contribution in [-0.4, -0.2) is 27.3 Å². The summed E-state index contributed by atoms with van der Waals surface area (Å²) in [7, 11) is 0. The summed E-state index contributed by atoms with van der Waals surface area (Å²) in [4.78, 5) is 34.3. The number of carbonyl (C=O) groups excluding carboxylic acids is 1. The minimum absolute atomic E-state index is 0.00977. The second-order valence-electron chi connectivity index (χ2n) is 5.53. The number of aliphatic hydroxyl groups is 1. The van der Waals surface area contributed by atoms with Crippen LogP contribution in [-0.2, 0) is 6.42 Å². The summed E-state index contributed by atoms with van der Waals surface area (Å²) in [6.45, 7) is 3.57. The molecule has 126 valence electrons. The van der Waals surface area contributed by atoms with Gasteiger partial charge in [0, 0.05) is 29.9 Å². The number of nitro groups is 2. The molecule has 8 nitrogen and oxygen atoms in total. The molecule has 0 amide bonds. The Morgan fingerprint density at radius 1 is 1.00 bits per heavy atom.